The second-order valence-corrected chi connectivity index (χ2v) is 7.45. The number of carbonyl (C=O) groups is 1. The lowest BCUT2D eigenvalue weighted by Gasteiger charge is -2.44. The molecule has 2 rings (SSSR count). The van der Waals surface area contributed by atoms with Crippen molar-refractivity contribution in [1.29, 1.82) is 0 Å². The molecule has 21 heavy (non-hydrogen) atoms. The molecule has 1 unspecified atom stereocenters. The Bertz CT molecular complexity index is 342. The number of nitrogens with two attached hydrogens (primary N) is 1. The maximum Gasteiger partial charge on any atom is 0.237 e. The topological polar surface area (TPSA) is 58.4 Å². The van der Waals surface area contributed by atoms with E-state index in [2.05, 4.69) is 10.2 Å². The second-order valence-electron chi connectivity index (χ2n) is 7.45. The molecular weight excluding hydrogens is 262 g/mol. The molecule has 4 nitrogen and oxygen atoms in total. The summed E-state index contributed by atoms with van der Waals surface area (Å²) in [6.07, 6.45) is 11.9. The zero-order chi connectivity index (χ0) is 15.3. The van der Waals surface area contributed by atoms with Crippen molar-refractivity contribution in [3.63, 3.8) is 0 Å². The van der Waals surface area contributed by atoms with E-state index in [-0.39, 0.29) is 5.91 Å². The average molecular weight is 295 g/mol. The third-order valence-corrected chi connectivity index (χ3v) is 6.08. The number of hydrogen-bond acceptors (Lipinski definition) is 3. The van der Waals surface area contributed by atoms with Crippen LogP contribution in [0.4, 0.5) is 0 Å². The second kappa shape index (κ2) is 7.10. The number of primary amides is 1. The number of likely N-dealkylation sites (tertiary alicyclic amines) is 1. The van der Waals surface area contributed by atoms with Crippen molar-refractivity contribution in [3.8, 4) is 0 Å². The van der Waals surface area contributed by atoms with Gasteiger partial charge in [-0.15, -0.1) is 0 Å². The maximum absolute atomic E-state index is 11.5. The molecule has 1 amide bonds. The predicted octanol–water partition coefficient (Wildman–Crippen LogP) is 2.28. The molecular formula is C17H33N3O. The molecule has 1 aliphatic heterocycles. The van der Waals surface area contributed by atoms with E-state index in [1.807, 2.05) is 14.0 Å². The van der Waals surface area contributed by atoms with Crippen LogP contribution < -0.4 is 11.1 Å². The molecule has 2 fully saturated rings. The lowest BCUT2D eigenvalue weighted by molar-refractivity contribution is -0.123. The van der Waals surface area contributed by atoms with Gasteiger partial charge in [-0.1, -0.05) is 19.3 Å². The Morgan fingerprint density at radius 3 is 2.33 bits per heavy atom. The third-order valence-electron chi connectivity index (χ3n) is 6.08. The minimum atomic E-state index is -0.555. The van der Waals surface area contributed by atoms with E-state index >= 15 is 0 Å². The number of amides is 1. The van der Waals surface area contributed by atoms with Crippen molar-refractivity contribution in [2.45, 2.75) is 70.3 Å². The van der Waals surface area contributed by atoms with Gasteiger partial charge in [0.1, 0.15) is 0 Å². The molecule has 1 aliphatic carbocycles. The molecule has 3 N–H and O–H groups in total. The van der Waals surface area contributed by atoms with Gasteiger partial charge >= 0.3 is 0 Å². The quantitative estimate of drug-likeness (QED) is 0.790. The summed E-state index contributed by atoms with van der Waals surface area (Å²) in [4.78, 5) is 14.1. The van der Waals surface area contributed by atoms with Crippen LogP contribution in [0.5, 0.6) is 0 Å². The van der Waals surface area contributed by atoms with Gasteiger partial charge in [-0.3, -0.25) is 4.79 Å². The van der Waals surface area contributed by atoms with Crippen molar-refractivity contribution in [2.24, 2.45) is 11.1 Å². The van der Waals surface area contributed by atoms with E-state index in [1.165, 1.54) is 58.0 Å². The molecule has 0 radical (unpaired) electrons. The fourth-order valence-corrected chi connectivity index (χ4v) is 4.08. The zero-order valence-corrected chi connectivity index (χ0v) is 13.9. The number of carbonyl (C=O) groups excluding carboxylic acids is 1. The fourth-order valence-electron chi connectivity index (χ4n) is 4.08. The number of nitrogens with zero attached hydrogens (tertiary/aromatic N) is 1. The Kier molecular flexibility index (Phi) is 5.67. The molecule has 122 valence electrons. The summed E-state index contributed by atoms with van der Waals surface area (Å²) in [5.74, 6) is -0.246. The molecule has 1 spiro atoms. The molecule has 0 aromatic heterocycles. The first-order valence-corrected chi connectivity index (χ1v) is 8.71. The minimum Gasteiger partial charge on any atom is -0.368 e. The van der Waals surface area contributed by atoms with E-state index in [1.54, 1.807) is 0 Å². The van der Waals surface area contributed by atoms with Crippen molar-refractivity contribution < 1.29 is 4.79 Å². The van der Waals surface area contributed by atoms with Gasteiger partial charge in [-0.25, -0.2) is 0 Å². The van der Waals surface area contributed by atoms with Crippen molar-refractivity contribution in [2.75, 3.05) is 26.7 Å². The van der Waals surface area contributed by atoms with Crippen LogP contribution in [0.25, 0.3) is 0 Å². The standard InChI is InChI=1S/C17H33N3O/c1-16(19-2,15(18)21)7-6-12-20-13-10-17(11-14-20)8-4-3-5-9-17/h19H,3-14H2,1-2H3,(H2,18,21). The van der Waals surface area contributed by atoms with Crippen LogP contribution in [0.15, 0.2) is 0 Å². The summed E-state index contributed by atoms with van der Waals surface area (Å²) >= 11 is 0. The number of likely N-dealkylation sites (N-methyl/N-ethyl adjacent to an activating group) is 1. The number of nitrogens with one attached hydrogen (secondary N) is 1. The normalized spacial score (nSPS) is 25.6. The highest BCUT2D eigenvalue weighted by Crippen LogP contribution is 2.44. The average Bonchev–Trinajstić information content (AvgIpc) is 2.50. The van der Waals surface area contributed by atoms with Crippen molar-refractivity contribution >= 4 is 5.91 Å². The summed E-state index contributed by atoms with van der Waals surface area (Å²) in [6.45, 7) is 5.49. The van der Waals surface area contributed by atoms with Crippen molar-refractivity contribution in [1.82, 2.24) is 10.2 Å². The minimum absolute atomic E-state index is 0.246. The van der Waals surface area contributed by atoms with Crippen LogP contribution in [-0.4, -0.2) is 43.0 Å². The summed E-state index contributed by atoms with van der Waals surface area (Å²) in [7, 11) is 1.82. The van der Waals surface area contributed by atoms with Gasteiger partial charge in [0.15, 0.2) is 0 Å². The smallest absolute Gasteiger partial charge is 0.237 e. The maximum atomic E-state index is 11.5. The molecule has 2 aliphatic rings. The Labute approximate surface area is 129 Å². The molecule has 1 saturated heterocycles. The van der Waals surface area contributed by atoms with E-state index in [0.717, 1.165) is 19.4 Å². The highest BCUT2D eigenvalue weighted by Gasteiger charge is 2.35. The van der Waals surface area contributed by atoms with Gasteiger partial charge in [0.2, 0.25) is 5.91 Å². The van der Waals surface area contributed by atoms with Crippen molar-refractivity contribution in [3.05, 3.63) is 0 Å². The summed E-state index contributed by atoms with van der Waals surface area (Å²) in [5, 5.41) is 3.07. The van der Waals surface area contributed by atoms with E-state index in [0.29, 0.717) is 5.41 Å². The molecule has 1 atom stereocenters. The highest BCUT2D eigenvalue weighted by molar-refractivity contribution is 5.84. The fraction of sp³-hybridized carbons (Fsp3) is 0.941. The molecule has 1 saturated carbocycles. The predicted molar refractivity (Wildman–Crippen MR) is 87.1 cm³/mol. The SMILES string of the molecule is CNC(C)(CCCN1CCC2(CCCCC2)CC1)C(N)=O. The van der Waals surface area contributed by atoms with Crippen LogP contribution in [-0.2, 0) is 4.79 Å². The number of piperidine rings is 1. The first-order chi connectivity index (χ1) is 10.00. The first kappa shape index (κ1) is 16.8. The summed E-state index contributed by atoms with van der Waals surface area (Å²) in [6, 6.07) is 0. The lowest BCUT2D eigenvalue weighted by atomic mass is 9.68. The Morgan fingerprint density at radius 1 is 1.19 bits per heavy atom. The van der Waals surface area contributed by atoms with Gasteiger partial charge < -0.3 is 16.0 Å². The van der Waals surface area contributed by atoms with Crippen LogP contribution >= 0.6 is 0 Å². The van der Waals surface area contributed by atoms with Gasteiger partial charge in [-0.05, 0) is 77.5 Å². The molecule has 1 heterocycles. The van der Waals surface area contributed by atoms with Crippen LogP contribution in [0.3, 0.4) is 0 Å². The van der Waals surface area contributed by atoms with Gasteiger partial charge in [0, 0.05) is 0 Å². The van der Waals surface area contributed by atoms with E-state index in [9.17, 15) is 4.79 Å². The lowest BCUT2D eigenvalue weighted by Crippen LogP contribution is -2.51. The van der Waals surface area contributed by atoms with E-state index in [4.69, 9.17) is 5.73 Å². The molecule has 0 aromatic rings. The Hall–Kier alpha value is -0.610. The van der Waals surface area contributed by atoms with Crippen LogP contribution in [0, 0.1) is 5.41 Å². The molecule has 0 bridgehead atoms. The molecule has 4 heteroatoms. The molecule has 0 aromatic carbocycles. The monoisotopic (exact) mass is 295 g/mol. The summed E-state index contributed by atoms with van der Waals surface area (Å²) in [5.41, 5.74) is 5.61. The number of hydrogen-bond donors (Lipinski definition) is 2. The largest absolute Gasteiger partial charge is 0.368 e. The number of rotatable bonds is 6. The third kappa shape index (κ3) is 4.19. The van der Waals surface area contributed by atoms with E-state index < -0.39 is 5.54 Å². The summed E-state index contributed by atoms with van der Waals surface area (Å²) < 4.78 is 0. The highest BCUT2D eigenvalue weighted by atomic mass is 16.1. The van der Waals surface area contributed by atoms with Crippen LogP contribution in [0.1, 0.15) is 64.7 Å². The van der Waals surface area contributed by atoms with Gasteiger partial charge in [-0.2, -0.15) is 0 Å². The van der Waals surface area contributed by atoms with Gasteiger partial charge in [0.05, 0.1) is 5.54 Å². The zero-order valence-electron chi connectivity index (χ0n) is 13.9. The Morgan fingerprint density at radius 2 is 1.81 bits per heavy atom. The first-order valence-electron chi connectivity index (χ1n) is 8.71. The van der Waals surface area contributed by atoms with Crippen LogP contribution in [0.2, 0.25) is 0 Å². The van der Waals surface area contributed by atoms with Gasteiger partial charge in [0.25, 0.3) is 0 Å². The Balaban J connectivity index is 1.70.